The number of nitrogen functional groups attached to an aromatic ring is 1. The summed E-state index contributed by atoms with van der Waals surface area (Å²) in [6.07, 6.45) is -2.64. The number of benzene rings is 1. The molecular weight excluding hydrogens is 464 g/mol. The summed E-state index contributed by atoms with van der Waals surface area (Å²) in [4.78, 5) is 25.5. The molecule has 0 unspecified atom stereocenters. The fraction of sp³-hybridized carbons (Fsp3) is 0.167. The third-order valence-corrected chi connectivity index (χ3v) is 5.20. The van der Waals surface area contributed by atoms with Crippen LogP contribution in [-0.2, 0) is 12.7 Å². The molecule has 0 aliphatic rings. The molecule has 4 aromatic rings. The van der Waals surface area contributed by atoms with Crippen LogP contribution in [0.1, 0.15) is 31.3 Å². The highest BCUT2D eigenvalue weighted by molar-refractivity contribution is 5.98. The van der Waals surface area contributed by atoms with Crippen LogP contribution < -0.4 is 10.7 Å². The van der Waals surface area contributed by atoms with Crippen molar-refractivity contribution >= 4 is 28.4 Å². The standard InChI is InChI=1S/C24H20F4N6O/c1-14-10-16-11-15(5-8-20(16)32-21(14)29)23(35)34(33(2)22-19(25)4-3-9-30-22)13-18-7-6-17(12-31-18)24(26,27)28/h3-12H,13H2,1-2H3,(H2,29,32)/i1D3. The Morgan fingerprint density at radius 3 is 2.60 bits per heavy atom. The maximum absolute atomic E-state index is 14.5. The molecule has 4 rings (SSSR count). The Kier molecular flexibility index (Phi) is 5.27. The molecule has 1 aromatic carbocycles. The lowest BCUT2D eigenvalue weighted by molar-refractivity contribution is -0.137. The summed E-state index contributed by atoms with van der Waals surface area (Å²) < 4.78 is 76.4. The third kappa shape index (κ3) is 4.98. The highest BCUT2D eigenvalue weighted by Gasteiger charge is 2.31. The molecule has 35 heavy (non-hydrogen) atoms. The van der Waals surface area contributed by atoms with Crippen LogP contribution in [-0.4, -0.2) is 32.9 Å². The van der Waals surface area contributed by atoms with Gasteiger partial charge in [0.1, 0.15) is 5.82 Å². The monoisotopic (exact) mass is 487 g/mol. The van der Waals surface area contributed by atoms with E-state index in [1.165, 1.54) is 43.6 Å². The molecule has 0 aliphatic carbocycles. The van der Waals surface area contributed by atoms with Gasteiger partial charge in [-0.05, 0) is 60.9 Å². The van der Waals surface area contributed by atoms with Crippen LogP contribution in [0.4, 0.5) is 29.2 Å². The number of hydrogen-bond acceptors (Lipinski definition) is 6. The Morgan fingerprint density at radius 2 is 1.94 bits per heavy atom. The lowest BCUT2D eigenvalue weighted by Crippen LogP contribution is -2.45. The van der Waals surface area contributed by atoms with Crippen molar-refractivity contribution in [2.24, 2.45) is 0 Å². The molecule has 0 bridgehead atoms. The second kappa shape index (κ2) is 9.16. The van der Waals surface area contributed by atoms with E-state index in [9.17, 15) is 22.4 Å². The van der Waals surface area contributed by atoms with Crippen molar-refractivity contribution in [1.29, 1.82) is 0 Å². The average Bonchev–Trinajstić information content (AvgIpc) is 2.85. The number of rotatable bonds is 5. The lowest BCUT2D eigenvalue weighted by atomic mass is 10.1. The Labute approximate surface area is 202 Å². The first-order valence-electron chi connectivity index (χ1n) is 11.6. The molecular formula is C24H20F4N6O. The smallest absolute Gasteiger partial charge is 0.383 e. The Hall–Kier alpha value is -4.28. The topological polar surface area (TPSA) is 88.2 Å². The Morgan fingerprint density at radius 1 is 1.14 bits per heavy atom. The highest BCUT2D eigenvalue weighted by atomic mass is 19.4. The Balaban J connectivity index is 1.76. The fourth-order valence-corrected chi connectivity index (χ4v) is 3.36. The van der Waals surface area contributed by atoms with E-state index < -0.39 is 30.3 Å². The van der Waals surface area contributed by atoms with Gasteiger partial charge in [0.15, 0.2) is 11.6 Å². The zero-order valence-electron chi connectivity index (χ0n) is 21.2. The van der Waals surface area contributed by atoms with E-state index in [0.717, 1.165) is 28.2 Å². The van der Waals surface area contributed by atoms with E-state index in [4.69, 9.17) is 9.85 Å². The van der Waals surface area contributed by atoms with E-state index in [2.05, 4.69) is 15.0 Å². The predicted octanol–water partition coefficient (Wildman–Crippen LogP) is 4.77. The molecule has 1 amide bonds. The van der Waals surface area contributed by atoms with Crippen molar-refractivity contribution in [1.82, 2.24) is 20.0 Å². The van der Waals surface area contributed by atoms with Crippen molar-refractivity contribution in [3.8, 4) is 0 Å². The van der Waals surface area contributed by atoms with Gasteiger partial charge in [-0.25, -0.2) is 19.4 Å². The molecule has 180 valence electrons. The highest BCUT2D eigenvalue weighted by Crippen LogP contribution is 2.29. The summed E-state index contributed by atoms with van der Waals surface area (Å²) in [6.45, 7) is -2.87. The first-order chi connectivity index (χ1) is 17.8. The van der Waals surface area contributed by atoms with Crippen LogP contribution in [0.3, 0.4) is 0 Å². The van der Waals surface area contributed by atoms with E-state index in [0.29, 0.717) is 17.1 Å². The maximum atomic E-state index is 14.5. The molecule has 0 atom stereocenters. The van der Waals surface area contributed by atoms with Crippen LogP contribution in [0.5, 0.6) is 0 Å². The van der Waals surface area contributed by atoms with Gasteiger partial charge in [-0.2, -0.15) is 13.2 Å². The summed E-state index contributed by atoms with van der Waals surface area (Å²) in [5.74, 6) is -1.81. The second-order valence-electron chi connectivity index (χ2n) is 7.56. The number of pyridine rings is 3. The average molecular weight is 487 g/mol. The molecule has 7 nitrogen and oxygen atoms in total. The minimum absolute atomic E-state index is 0.0654. The summed E-state index contributed by atoms with van der Waals surface area (Å²) in [5.41, 5.74) is 5.13. The van der Waals surface area contributed by atoms with Crippen LogP contribution in [0.2, 0.25) is 0 Å². The lowest BCUT2D eigenvalue weighted by Gasteiger charge is -2.32. The summed E-state index contributed by atoms with van der Waals surface area (Å²) in [6, 6.07) is 10.0. The van der Waals surface area contributed by atoms with Gasteiger partial charge < -0.3 is 5.73 Å². The fourth-order valence-electron chi connectivity index (χ4n) is 3.36. The van der Waals surface area contributed by atoms with Gasteiger partial charge in [0.25, 0.3) is 5.91 Å². The number of nitrogens with zero attached hydrogens (tertiary/aromatic N) is 5. The number of fused-ring (bicyclic) bond motifs is 1. The molecule has 3 aromatic heterocycles. The number of hydrogen-bond donors (Lipinski definition) is 1. The van der Waals surface area contributed by atoms with E-state index in [-0.39, 0.29) is 35.0 Å². The van der Waals surface area contributed by atoms with Crippen LogP contribution in [0.15, 0.2) is 60.9 Å². The first kappa shape index (κ1) is 20.1. The van der Waals surface area contributed by atoms with Gasteiger partial charge in [0, 0.05) is 34.5 Å². The van der Waals surface area contributed by atoms with Crippen molar-refractivity contribution in [2.45, 2.75) is 19.6 Å². The van der Waals surface area contributed by atoms with Crippen molar-refractivity contribution in [2.75, 3.05) is 17.8 Å². The summed E-state index contributed by atoms with van der Waals surface area (Å²) in [5, 5.41) is 2.49. The summed E-state index contributed by atoms with van der Waals surface area (Å²) >= 11 is 0. The number of nitrogens with two attached hydrogens (primary N) is 1. The van der Waals surface area contributed by atoms with Gasteiger partial charge in [-0.3, -0.25) is 14.8 Å². The quantitative estimate of drug-likeness (QED) is 0.322. The largest absolute Gasteiger partial charge is 0.417 e. The van der Waals surface area contributed by atoms with Gasteiger partial charge >= 0.3 is 6.18 Å². The van der Waals surface area contributed by atoms with Crippen LogP contribution in [0, 0.1) is 12.7 Å². The number of halogens is 4. The molecule has 0 fully saturated rings. The van der Waals surface area contributed by atoms with Gasteiger partial charge in [-0.15, -0.1) is 0 Å². The number of carbonyl (C=O) groups excluding carboxylic acids is 1. The molecule has 2 N–H and O–H groups in total. The second-order valence-corrected chi connectivity index (χ2v) is 7.56. The van der Waals surface area contributed by atoms with Crippen LogP contribution in [0.25, 0.3) is 10.9 Å². The molecule has 0 spiro atoms. The minimum Gasteiger partial charge on any atom is -0.383 e. The normalized spacial score (nSPS) is 13.1. The SMILES string of the molecule is [2H]C([2H])([2H])c1cc2cc(C(=O)N(Cc3ccc(C(F)(F)F)cn3)N(C)c3ncccc3F)ccc2nc1N. The third-order valence-electron chi connectivity index (χ3n) is 5.20. The number of aryl methyl sites for hydroxylation is 1. The van der Waals surface area contributed by atoms with Crippen LogP contribution >= 0.6 is 0 Å². The first-order valence-corrected chi connectivity index (χ1v) is 10.1. The Bertz CT molecular complexity index is 1500. The number of anilines is 2. The molecule has 0 radical (unpaired) electrons. The van der Waals surface area contributed by atoms with E-state index in [1.807, 2.05) is 0 Å². The molecule has 0 aliphatic heterocycles. The number of aromatic nitrogens is 3. The van der Waals surface area contributed by atoms with E-state index >= 15 is 0 Å². The van der Waals surface area contributed by atoms with Gasteiger partial charge in [0.05, 0.1) is 23.3 Å². The minimum atomic E-state index is -4.59. The predicted molar refractivity (Wildman–Crippen MR) is 123 cm³/mol. The molecule has 3 heterocycles. The van der Waals surface area contributed by atoms with Crippen molar-refractivity contribution in [3.63, 3.8) is 0 Å². The number of hydrazine groups is 1. The van der Waals surface area contributed by atoms with Gasteiger partial charge in [-0.1, -0.05) is 0 Å². The summed E-state index contributed by atoms with van der Waals surface area (Å²) in [7, 11) is 1.36. The van der Waals surface area contributed by atoms with Crippen molar-refractivity contribution < 1.29 is 26.5 Å². The zero-order chi connectivity index (χ0) is 27.8. The molecule has 11 heteroatoms. The molecule has 0 saturated heterocycles. The number of carbonyl (C=O) groups is 1. The van der Waals surface area contributed by atoms with Gasteiger partial charge in [0.2, 0.25) is 0 Å². The molecule has 0 saturated carbocycles. The number of amides is 1. The van der Waals surface area contributed by atoms with E-state index in [1.54, 1.807) is 0 Å². The van der Waals surface area contributed by atoms with Crippen molar-refractivity contribution in [3.05, 3.63) is 89.1 Å². The number of alkyl halides is 3. The zero-order valence-corrected chi connectivity index (χ0v) is 18.2. The maximum Gasteiger partial charge on any atom is 0.417 e.